The highest BCUT2D eigenvalue weighted by molar-refractivity contribution is 6.60. The van der Waals surface area contributed by atoms with E-state index in [1.54, 1.807) is 21.3 Å². The summed E-state index contributed by atoms with van der Waals surface area (Å²) in [5.41, 5.74) is 0. The quantitative estimate of drug-likeness (QED) is 0.118. The van der Waals surface area contributed by atoms with Crippen LogP contribution >= 0.6 is 0 Å². The summed E-state index contributed by atoms with van der Waals surface area (Å²) >= 11 is 0. The Labute approximate surface area is 171 Å². The fourth-order valence-corrected chi connectivity index (χ4v) is 5.16. The van der Waals surface area contributed by atoms with E-state index in [4.69, 9.17) is 13.3 Å². The van der Waals surface area contributed by atoms with Crippen molar-refractivity contribution in [3.05, 3.63) is 12.2 Å². The second-order valence-corrected chi connectivity index (χ2v) is 11.4. The van der Waals surface area contributed by atoms with Gasteiger partial charge in [0, 0.05) is 33.8 Å². The summed E-state index contributed by atoms with van der Waals surface area (Å²) in [7, 11) is 7.36. The van der Waals surface area contributed by atoms with Crippen LogP contribution in [0, 0.1) is 0 Å². The number of hydrogen-bond acceptors (Lipinski definition) is 3. The van der Waals surface area contributed by atoms with Gasteiger partial charge in [-0.25, -0.2) is 0 Å². The molecule has 0 aliphatic carbocycles. The zero-order valence-corrected chi connectivity index (χ0v) is 20.2. The topological polar surface area (TPSA) is 27.7 Å². The Bertz CT molecular complexity index is 349. The summed E-state index contributed by atoms with van der Waals surface area (Å²) in [5, 5.41) is 0. The van der Waals surface area contributed by atoms with Crippen molar-refractivity contribution in [3.8, 4) is 0 Å². The van der Waals surface area contributed by atoms with E-state index in [0.29, 0.717) is 0 Å². The fourth-order valence-electron chi connectivity index (χ4n) is 3.46. The predicted octanol–water partition coefficient (Wildman–Crippen LogP) is 5.81. The van der Waals surface area contributed by atoms with Crippen molar-refractivity contribution in [1.82, 2.24) is 0 Å². The van der Waals surface area contributed by atoms with Crippen LogP contribution in [-0.2, 0) is 13.3 Å². The third-order valence-corrected chi connectivity index (χ3v) is 8.29. The van der Waals surface area contributed by atoms with E-state index in [0.717, 1.165) is 23.5 Å². The van der Waals surface area contributed by atoms with Gasteiger partial charge in [0.15, 0.2) is 0 Å². The fraction of sp³-hybridized carbons (Fsp3) is 0.909. The summed E-state index contributed by atoms with van der Waals surface area (Å²) in [6.07, 6.45) is 19.2. The van der Waals surface area contributed by atoms with Gasteiger partial charge in [-0.3, -0.25) is 0 Å². The first-order chi connectivity index (χ1) is 12.9. The molecule has 4 nitrogen and oxygen atoms in total. The van der Waals surface area contributed by atoms with Crippen molar-refractivity contribution in [2.75, 3.05) is 48.5 Å². The van der Waals surface area contributed by atoms with Gasteiger partial charge in [0.05, 0.1) is 27.2 Å². The molecule has 0 atom stereocenters. The van der Waals surface area contributed by atoms with Gasteiger partial charge in [-0.1, -0.05) is 51.2 Å². The van der Waals surface area contributed by atoms with Crippen LogP contribution < -0.4 is 0 Å². The molecule has 0 bridgehead atoms. The second-order valence-electron chi connectivity index (χ2n) is 8.31. The first-order valence-corrected chi connectivity index (χ1v) is 13.0. The van der Waals surface area contributed by atoms with Crippen LogP contribution in [0.25, 0.3) is 0 Å². The SMILES string of the molecule is CCCC/C=C\CCCCCCCC[N+](C)(C)CCC[Si](OC)(OC)OC. The standard InChI is InChI=1S/C22H48NO3Si/c1-7-8-9-10-11-12-13-14-15-16-17-18-20-23(2,3)21-19-22-27(24-4,25-5)26-6/h10-11H,7-9,12-22H2,1-6H3/q+1/b11-10-. The monoisotopic (exact) mass is 402 g/mol. The van der Waals surface area contributed by atoms with E-state index in [-0.39, 0.29) is 0 Å². The molecule has 0 amide bonds. The molecule has 0 aromatic carbocycles. The maximum absolute atomic E-state index is 5.51. The lowest BCUT2D eigenvalue weighted by atomic mass is 10.1. The molecule has 0 radical (unpaired) electrons. The Morgan fingerprint density at radius 2 is 1.15 bits per heavy atom. The lowest BCUT2D eigenvalue weighted by Crippen LogP contribution is -2.45. The van der Waals surface area contributed by atoms with Crippen LogP contribution in [0.3, 0.4) is 0 Å². The van der Waals surface area contributed by atoms with E-state index in [1.165, 1.54) is 70.8 Å². The minimum absolute atomic E-state index is 0.894. The van der Waals surface area contributed by atoms with Gasteiger partial charge < -0.3 is 17.8 Å². The molecular weight excluding hydrogens is 354 g/mol. The second kappa shape index (κ2) is 16.7. The Kier molecular flexibility index (Phi) is 16.6. The maximum Gasteiger partial charge on any atom is 0.500 e. The minimum atomic E-state index is -2.40. The van der Waals surface area contributed by atoms with Crippen LogP contribution in [0.2, 0.25) is 6.04 Å². The Morgan fingerprint density at radius 1 is 0.667 bits per heavy atom. The van der Waals surface area contributed by atoms with Crippen molar-refractivity contribution in [2.24, 2.45) is 0 Å². The van der Waals surface area contributed by atoms with Crippen molar-refractivity contribution in [1.29, 1.82) is 0 Å². The Balaban J connectivity index is 3.66. The van der Waals surface area contributed by atoms with Gasteiger partial charge in [-0.2, -0.15) is 0 Å². The Morgan fingerprint density at radius 3 is 1.70 bits per heavy atom. The molecular formula is C22H48NO3Si+. The number of allylic oxidation sites excluding steroid dienone is 2. The van der Waals surface area contributed by atoms with Crippen molar-refractivity contribution < 1.29 is 17.8 Å². The van der Waals surface area contributed by atoms with Crippen LogP contribution in [-0.4, -0.2) is 61.8 Å². The molecule has 0 unspecified atom stereocenters. The minimum Gasteiger partial charge on any atom is -0.377 e. The summed E-state index contributed by atoms with van der Waals surface area (Å²) in [6.45, 7) is 4.65. The molecule has 0 aromatic heterocycles. The lowest BCUT2D eigenvalue weighted by molar-refractivity contribution is -0.890. The summed E-state index contributed by atoms with van der Waals surface area (Å²) < 4.78 is 17.6. The average Bonchev–Trinajstić information content (AvgIpc) is 2.66. The molecule has 0 fully saturated rings. The van der Waals surface area contributed by atoms with Crippen molar-refractivity contribution >= 4 is 8.80 Å². The highest BCUT2D eigenvalue weighted by atomic mass is 28.4. The van der Waals surface area contributed by atoms with Crippen molar-refractivity contribution in [3.63, 3.8) is 0 Å². The zero-order valence-electron chi connectivity index (χ0n) is 19.2. The van der Waals surface area contributed by atoms with Gasteiger partial charge in [0.25, 0.3) is 0 Å². The molecule has 0 aromatic rings. The number of nitrogens with zero attached hydrogens (tertiary/aromatic N) is 1. The maximum atomic E-state index is 5.51. The largest absolute Gasteiger partial charge is 0.500 e. The van der Waals surface area contributed by atoms with E-state index in [9.17, 15) is 0 Å². The molecule has 0 aliphatic rings. The molecule has 0 spiro atoms. The van der Waals surface area contributed by atoms with E-state index < -0.39 is 8.80 Å². The highest BCUT2D eigenvalue weighted by Crippen LogP contribution is 2.17. The molecule has 162 valence electrons. The van der Waals surface area contributed by atoms with Crippen LogP contribution in [0.15, 0.2) is 12.2 Å². The van der Waals surface area contributed by atoms with Crippen molar-refractivity contribution in [2.45, 2.75) is 83.6 Å². The molecule has 27 heavy (non-hydrogen) atoms. The Hall–Kier alpha value is -0.203. The third kappa shape index (κ3) is 14.4. The first kappa shape index (κ1) is 26.8. The predicted molar refractivity (Wildman–Crippen MR) is 119 cm³/mol. The molecule has 0 rings (SSSR count). The van der Waals surface area contributed by atoms with Crippen LogP contribution in [0.5, 0.6) is 0 Å². The summed E-state index contributed by atoms with van der Waals surface area (Å²) in [6, 6.07) is 0.894. The summed E-state index contributed by atoms with van der Waals surface area (Å²) in [5.74, 6) is 0. The summed E-state index contributed by atoms with van der Waals surface area (Å²) in [4.78, 5) is 0. The number of rotatable bonds is 19. The van der Waals surface area contributed by atoms with Crippen LogP contribution in [0.1, 0.15) is 77.6 Å². The molecule has 5 heteroatoms. The molecule has 0 saturated heterocycles. The zero-order chi connectivity index (χ0) is 20.4. The molecule has 0 heterocycles. The van der Waals surface area contributed by atoms with Gasteiger partial charge in [0.1, 0.15) is 0 Å². The average molecular weight is 403 g/mol. The van der Waals surface area contributed by atoms with E-state index in [2.05, 4.69) is 33.2 Å². The highest BCUT2D eigenvalue weighted by Gasteiger charge is 2.37. The van der Waals surface area contributed by atoms with Gasteiger partial charge in [-0.15, -0.1) is 0 Å². The number of unbranched alkanes of at least 4 members (excludes halogenated alkanes) is 8. The molecule has 0 N–H and O–H groups in total. The van der Waals surface area contributed by atoms with E-state index >= 15 is 0 Å². The smallest absolute Gasteiger partial charge is 0.377 e. The number of quaternary nitrogens is 1. The number of hydrogen-bond donors (Lipinski definition) is 0. The van der Waals surface area contributed by atoms with Crippen LogP contribution in [0.4, 0.5) is 0 Å². The third-order valence-electron chi connectivity index (χ3n) is 5.45. The van der Waals surface area contributed by atoms with Gasteiger partial charge >= 0.3 is 8.80 Å². The normalized spacial score (nSPS) is 13.0. The lowest BCUT2D eigenvalue weighted by Gasteiger charge is -2.31. The van der Waals surface area contributed by atoms with E-state index in [1.807, 2.05) is 0 Å². The molecule has 0 aliphatic heterocycles. The first-order valence-electron chi connectivity index (χ1n) is 11.1. The molecule has 0 saturated carbocycles. The van der Waals surface area contributed by atoms with Gasteiger partial charge in [-0.05, 0) is 32.1 Å². The van der Waals surface area contributed by atoms with Gasteiger partial charge in [0.2, 0.25) is 0 Å².